The minimum Gasteiger partial charge on any atom is -0.465 e. The molecule has 2 N–H and O–H groups in total. The first-order chi connectivity index (χ1) is 7.67. The Bertz CT molecular complexity index is 353. The number of hydrogen-bond donors (Lipinski definition) is 1. The van der Waals surface area contributed by atoms with E-state index >= 15 is 0 Å². The van der Waals surface area contributed by atoms with E-state index in [9.17, 15) is 4.79 Å². The van der Waals surface area contributed by atoms with Crippen molar-refractivity contribution in [2.24, 2.45) is 0 Å². The Morgan fingerprint density at radius 2 is 2.19 bits per heavy atom. The lowest BCUT2D eigenvalue weighted by molar-refractivity contribution is -0.141. The van der Waals surface area contributed by atoms with Gasteiger partial charge in [-0.05, 0) is 32.0 Å². The number of likely N-dealkylation sites (N-methyl/N-ethyl adjacent to an activating group) is 1. The van der Waals surface area contributed by atoms with Crippen LogP contribution in [0.2, 0.25) is 0 Å². The summed E-state index contributed by atoms with van der Waals surface area (Å²) in [7, 11) is 0. The fourth-order valence-corrected chi connectivity index (χ4v) is 1.47. The molecule has 0 heterocycles. The number of nitrogen functional groups attached to an aromatic ring is 1. The summed E-state index contributed by atoms with van der Waals surface area (Å²) in [5, 5.41) is 0. The molecule has 0 radical (unpaired) electrons. The fraction of sp³-hybridized carbons (Fsp3) is 0.417. The van der Waals surface area contributed by atoms with Gasteiger partial charge in [0.05, 0.1) is 6.61 Å². The predicted molar refractivity (Wildman–Crippen MR) is 65.4 cm³/mol. The summed E-state index contributed by atoms with van der Waals surface area (Å²) in [6, 6.07) is 7.47. The first-order valence-corrected chi connectivity index (χ1v) is 5.43. The lowest BCUT2D eigenvalue weighted by Gasteiger charge is -2.22. The summed E-state index contributed by atoms with van der Waals surface area (Å²) < 4.78 is 4.91. The summed E-state index contributed by atoms with van der Waals surface area (Å²) in [5.41, 5.74) is 7.33. The maximum atomic E-state index is 11.4. The van der Waals surface area contributed by atoms with E-state index in [-0.39, 0.29) is 12.5 Å². The molecular weight excluding hydrogens is 204 g/mol. The van der Waals surface area contributed by atoms with E-state index in [2.05, 4.69) is 0 Å². The van der Waals surface area contributed by atoms with Crippen molar-refractivity contribution in [3.63, 3.8) is 0 Å². The molecule has 0 aliphatic carbocycles. The highest BCUT2D eigenvalue weighted by Crippen LogP contribution is 2.16. The van der Waals surface area contributed by atoms with Crippen LogP contribution >= 0.6 is 0 Å². The Kier molecular flexibility index (Phi) is 4.64. The lowest BCUT2D eigenvalue weighted by Crippen LogP contribution is -2.30. The first kappa shape index (κ1) is 12.4. The number of benzene rings is 1. The SMILES string of the molecule is CCOC(=O)CN(CC)c1cccc(N)c1. The molecule has 4 heteroatoms. The van der Waals surface area contributed by atoms with Crippen molar-refractivity contribution in [1.82, 2.24) is 0 Å². The van der Waals surface area contributed by atoms with Gasteiger partial charge in [-0.3, -0.25) is 4.79 Å². The quantitative estimate of drug-likeness (QED) is 0.608. The molecule has 0 bridgehead atoms. The zero-order valence-corrected chi connectivity index (χ0v) is 9.77. The molecule has 4 nitrogen and oxygen atoms in total. The maximum absolute atomic E-state index is 11.4. The Hall–Kier alpha value is -1.71. The molecule has 0 fully saturated rings. The van der Waals surface area contributed by atoms with Crippen LogP contribution < -0.4 is 10.6 Å². The van der Waals surface area contributed by atoms with Gasteiger partial charge < -0.3 is 15.4 Å². The van der Waals surface area contributed by atoms with Gasteiger partial charge in [-0.15, -0.1) is 0 Å². The minimum atomic E-state index is -0.216. The Morgan fingerprint density at radius 3 is 2.75 bits per heavy atom. The van der Waals surface area contributed by atoms with Crippen LogP contribution in [0.5, 0.6) is 0 Å². The van der Waals surface area contributed by atoms with Crippen molar-refractivity contribution in [2.75, 3.05) is 30.3 Å². The summed E-state index contributed by atoms with van der Waals surface area (Å²) >= 11 is 0. The highest BCUT2D eigenvalue weighted by atomic mass is 16.5. The van der Waals surface area contributed by atoms with Gasteiger partial charge >= 0.3 is 5.97 Å². The number of esters is 1. The van der Waals surface area contributed by atoms with Crippen LogP contribution in [-0.4, -0.2) is 25.7 Å². The van der Waals surface area contributed by atoms with Gasteiger partial charge in [0, 0.05) is 17.9 Å². The number of anilines is 2. The molecule has 0 aliphatic rings. The lowest BCUT2D eigenvalue weighted by atomic mass is 10.2. The van der Waals surface area contributed by atoms with Crippen molar-refractivity contribution < 1.29 is 9.53 Å². The van der Waals surface area contributed by atoms with E-state index in [1.165, 1.54) is 0 Å². The van der Waals surface area contributed by atoms with Crippen LogP contribution in [0, 0.1) is 0 Å². The average molecular weight is 222 g/mol. The topological polar surface area (TPSA) is 55.6 Å². The monoisotopic (exact) mass is 222 g/mol. The number of carbonyl (C=O) groups is 1. The number of nitrogens with two attached hydrogens (primary N) is 1. The Balaban J connectivity index is 2.70. The van der Waals surface area contributed by atoms with E-state index < -0.39 is 0 Å². The highest BCUT2D eigenvalue weighted by Gasteiger charge is 2.10. The third-order valence-corrected chi connectivity index (χ3v) is 2.24. The van der Waals surface area contributed by atoms with Crippen molar-refractivity contribution in [2.45, 2.75) is 13.8 Å². The van der Waals surface area contributed by atoms with E-state index in [0.29, 0.717) is 12.3 Å². The van der Waals surface area contributed by atoms with Gasteiger partial charge in [-0.2, -0.15) is 0 Å². The second-order valence-corrected chi connectivity index (χ2v) is 3.41. The molecule has 1 rings (SSSR count). The van der Waals surface area contributed by atoms with Gasteiger partial charge in [-0.25, -0.2) is 0 Å². The molecule has 16 heavy (non-hydrogen) atoms. The number of nitrogens with zero attached hydrogens (tertiary/aromatic N) is 1. The van der Waals surface area contributed by atoms with Crippen LogP contribution in [0.4, 0.5) is 11.4 Å². The second-order valence-electron chi connectivity index (χ2n) is 3.41. The zero-order valence-electron chi connectivity index (χ0n) is 9.77. The number of ether oxygens (including phenoxy) is 1. The molecule has 88 valence electrons. The zero-order chi connectivity index (χ0) is 12.0. The standard InChI is InChI=1S/C12H18N2O2/c1-3-14(9-12(15)16-4-2)11-7-5-6-10(13)8-11/h5-8H,3-4,9,13H2,1-2H3. The van der Waals surface area contributed by atoms with Gasteiger partial charge in [0.1, 0.15) is 6.54 Å². The summed E-state index contributed by atoms with van der Waals surface area (Å²) in [6.07, 6.45) is 0. The maximum Gasteiger partial charge on any atom is 0.325 e. The molecule has 0 amide bonds. The normalized spacial score (nSPS) is 9.88. The van der Waals surface area contributed by atoms with Crippen LogP contribution in [0.1, 0.15) is 13.8 Å². The molecule has 0 saturated heterocycles. The van der Waals surface area contributed by atoms with Crippen LogP contribution in [0.25, 0.3) is 0 Å². The van der Waals surface area contributed by atoms with Gasteiger partial charge in [0.2, 0.25) is 0 Å². The largest absolute Gasteiger partial charge is 0.465 e. The van der Waals surface area contributed by atoms with Gasteiger partial charge in [-0.1, -0.05) is 6.07 Å². The summed E-state index contributed by atoms with van der Waals surface area (Å²) in [5.74, 6) is -0.216. The summed E-state index contributed by atoms with van der Waals surface area (Å²) in [4.78, 5) is 13.3. The molecule has 1 aromatic carbocycles. The van der Waals surface area contributed by atoms with E-state index in [1.807, 2.05) is 36.1 Å². The van der Waals surface area contributed by atoms with E-state index in [4.69, 9.17) is 10.5 Å². The number of rotatable bonds is 5. The first-order valence-electron chi connectivity index (χ1n) is 5.43. The molecule has 0 aromatic heterocycles. The molecular formula is C12H18N2O2. The van der Waals surface area contributed by atoms with Crippen molar-refractivity contribution in [3.05, 3.63) is 24.3 Å². The van der Waals surface area contributed by atoms with Crippen LogP contribution in [0.15, 0.2) is 24.3 Å². The molecule has 1 aromatic rings. The average Bonchev–Trinajstić information content (AvgIpc) is 2.26. The fourth-order valence-electron chi connectivity index (χ4n) is 1.47. The molecule has 0 saturated carbocycles. The van der Waals surface area contributed by atoms with Gasteiger partial charge in [0.25, 0.3) is 0 Å². The van der Waals surface area contributed by atoms with E-state index in [1.54, 1.807) is 6.92 Å². The van der Waals surface area contributed by atoms with Crippen molar-refractivity contribution in [3.8, 4) is 0 Å². The van der Waals surface area contributed by atoms with Gasteiger partial charge in [0.15, 0.2) is 0 Å². The molecule has 0 spiro atoms. The third kappa shape index (κ3) is 3.46. The third-order valence-electron chi connectivity index (χ3n) is 2.24. The van der Waals surface area contributed by atoms with Crippen LogP contribution in [-0.2, 0) is 9.53 Å². The second kappa shape index (κ2) is 6.00. The van der Waals surface area contributed by atoms with Crippen molar-refractivity contribution in [1.29, 1.82) is 0 Å². The Labute approximate surface area is 96.0 Å². The molecule has 0 aliphatic heterocycles. The summed E-state index contributed by atoms with van der Waals surface area (Å²) in [6.45, 7) is 5.19. The predicted octanol–water partition coefficient (Wildman–Crippen LogP) is 1.66. The smallest absolute Gasteiger partial charge is 0.325 e. The van der Waals surface area contributed by atoms with Crippen LogP contribution in [0.3, 0.4) is 0 Å². The highest BCUT2D eigenvalue weighted by molar-refractivity contribution is 5.76. The van der Waals surface area contributed by atoms with Crippen molar-refractivity contribution >= 4 is 17.3 Å². The Morgan fingerprint density at radius 1 is 1.44 bits per heavy atom. The minimum absolute atomic E-state index is 0.216. The molecule has 0 unspecified atom stereocenters. The molecule has 0 atom stereocenters. The van der Waals surface area contributed by atoms with E-state index in [0.717, 1.165) is 12.2 Å². The number of carbonyl (C=O) groups excluding carboxylic acids is 1. The number of hydrogen-bond acceptors (Lipinski definition) is 4.